The lowest BCUT2D eigenvalue weighted by atomic mass is 9.93. The van der Waals surface area contributed by atoms with Gasteiger partial charge in [-0.15, -0.1) is 0 Å². The van der Waals surface area contributed by atoms with E-state index in [2.05, 4.69) is 53.2 Å². The number of nitrogens with zero attached hydrogens (tertiary/aromatic N) is 1. The molecule has 3 rings (SSSR count). The number of allylic oxidation sites excluding steroid dienone is 1. The molecule has 0 aliphatic carbocycles. The van der Waals surface area contributed by atoms with Crippen molar-refractivity contribution in [3.8, 4) is 0 Å². The average molecular weight is 1200 g/mol. The highest BCUT2D eigenvalue weighted by molar-refractivity contribution is 6.02. The van der Waals surface area contributed by atoms with E-state index in [1.807, 2.05) is 48.5 Å². The molecule has 2 aliphatic heterocycles. The Bertz CT molecular complexity index is 2440. The van der Waals surface area contributed by atoms with Crippen molar-refractivity contribution in [1.82, 2.24) is 58.1 Å². The van der Waals surface area contributed by atoms with Crippen LogP contribution in [0.25, 0.3) is 0 Å². The maximum Gasteiger partial charge on any atom is 0.270 e. The van der Waals surface area contributed by atoms with Gasteiger partial charge >= 0.3 is 0 Å². The van der Waals surface area contributed by atoms with Gasteiger partial charge < -0.3 is 73.4 Å². The lowest BCUT2D eigenvalue weighted by molar-refractivity contribution is -0.139. The molecular weight excluding hydrogens is 1100 g/mol. The first-order valence-corrected chi connectivity index (χ1v) is 30.2. The standard InChI is InChI=1S/C60H97N11O14/c1-11-15-17-22-39-30-48(75)63-42(23-25-72)53(78)64-41(14-4)60(85)71-33-40(74)31-47(71)57(82)65-43(24-26-73)54(79)67-46(29-38-20-18-16-19-21-38)55(80)66-45(28-35(7)8)56(81)69-51(37(10)13-3)59(84)70-50(36(9)12-2)58(83)68-44(27-34(5)6)52(77)61-32-49(76)62-39/h14,16,18-21,34-37,39-40,42-47,50-51,72-74H,11-13,15,17,22-33H2,1-10H3,(H,61,77)(H,62,76)(H,63,75)(H,64,78)(H,65,82)(H,66,80)(H,67,79)(H,68,83)(H,69,81)(H,70,84)/b41-14+/t36-,37-,39+,40+,42-,43+,44-,45-,46-,47-,50-,51-/m0/s1. The van der Waals surface area contributed by atoms with E-state index in [9.17, 15) is 68.1 Å². The molecule has 2 fully saturated rings. The number of nitrogens with one attached hydrogen (secondary N) is 10. The molecule has 1 aromatic carbocycles. The molecule has 13 N–H and O–H groups in total. The second-order valence-electron chi connectivity index (χ2n) is 23.3. The first kappa shape index (κ1) is 72.3. The first-order chi connectivity index (χ1) is 40.3. The highest BCUT2D eigenvalue weighted by Crippen LogP contribution is 2.22. The van der Waals surface area contributed by atoms with E-state index in [4.69, 9.17) is 0 Å². The van der Waals surface area contributed by atoms with E-state index in [-0.39, 0.29) is 69.0 Å². The zero-order chi connectivity index (χ0) is 63.5. The summed E-state index contributed by atoms with van der Waals surface area (Å²) in [7, 11) is 0. The van der Waals surface area contributed by atoms with Gasteiger partial charge in [0.1, 0.15) is 54.0 Å². The first-order valence-electron chi connectivity index (χ1n) is 30.2. The minimum atomic E-state index is -1.52. The maximum absolute atomic E-state index is 14.6. The van der Waals surface area contributed by atoms with E-state index in [1.165, 1.54) is 13.0 Å². The normalized spacial score (nSPS) is 27.0. The molecule has 0 radical (unpaired) electrons. The van der Waals surface area contributed by atoms with Crippen molar-refractivity contribution in [3.63, 3.8) is 0 Å². The van der Waals surface area contributed by atoms with E-state index in [1.54, 1.807) is 44.2 Å². The fourth-order valence-electron chi connectivity index (χ4n) is 10.1. The zero-order valence-corrected chi connectivity index (χ0v) is 51.3. The van der Waals surface area contributed by atoms with Crippen LogP contribution in [-0.4, -0.2) is 172 Å². The van der Waals surface area contributed by atoms with Crippen molar-refractivity contribution in [2.75, 3.05) is 26.3 Å². The van der Waals surface area contributed by atoms with Gasteiger partial charge in [0, 0.05) is 45.1 Å². The maximum atomic E-state index is 14.6. The molecule has 25 heteroatoms. The van der Waals surface area contributed by atoms with Gasteiger partial charge in [-0.05, 0) is 68.3 Å². The molecule has 0 bridgehead atoms. The van der Waals surface area contributed by atoms with Crippen LogP contribution in [0.4, 0.5) is 0 Å². The SMILES string of the molecule is C/C=C1/NC(=O)[C@H](CCO)NC(=O)C[C@@H](CCCCC)NC(=O)CNC(=O)[C@H](CC(C)C)NC(=O)[C@H]([C@@H](C)CC)NC(=O)[C@H]([C@@H](C)CC)NC(=O)[C@H](CC(C)C)NC(=O)[C@H](Cc2ccccc2)NC(=O)[C@@H](CCO)NC(=O)[C@@H]2C[C@@H](O)CN2C1=O. The van der Waals surface area contributed by atoms with Crippen LogP contribution in [0.1, 0.15) is 152 Å². The number of carbonyl (C=O) groups excluding carboxylic acids is 11. The fraction of sp³-hybridized carbons (Fsp3) is 0.683. The molecule has 0 unspecified atom stereocenters. The third kappa shape index (κ3) is 23.8. The number of rotatable bonds is 18. The highest BCUT2D eigenvalue weighted by atomic mass is 16.3. The lowest BCUT2D eigenvalue weighted by Gasteiger charge is -2.31. The van der Waals surface area contributed by atoms with Crippen molar-refractivity contribution < 1.29 is 68.1 Å². The van der Waals surface area contributed by atoms with E-state index in [0.29, 0.717) is 31.2 Å². The molecule has 25 nitrogen and oxygen atoms in total. The summed E-state index contributed by atoms with van der Waals surface area (Å²) in [5, 5.41) is 57.9. The molecule has 12 atom stereocenters. The Hall–Kier alpha value is -6.99. The Morgan fingerprint density at radius 1 is 0.565 bits per heavy atom. The van der Waals surface area contributed by atoms with Gasteiger partial charge in [-0.25, -0.2) is 0 Å². The summed E-state index contributed by atoms with van der Waals surface area (Å²) < 4.78 is 0. The Labute approximate surface area is 500 Å². The largest absolute Gasteiger partial charge is 0.396 e. The summed E-state index contributed by atoms with van der Waals surface area (Å²) in [5.41, 5.74) is 0.241. The molecule has 1 aromatic rings. The minimum absolute atomic E-state index is 0.0703. The van der Waals surface area contributed by atoms with Gasteiger partial charge in [-0.2, -0.15) is 0 Å². The number of benzene rings is 1. The predicted molar refractivity (Wildman–Crippen MR) is 317 cm³/mol. The van der Waals surface area contributed by atoms with Crippen LogP contribution in [0, 0.1) is 23.7 Å². The number of aliphatic hydroxyl groups excluding tert-OH is 3. The van der Waals surface area contributed by atoms with Crippen molar-refractivity contribution in [2.45, 2.75) is 213 Å². The Morgan fingerprint density at radius 3 is 1.62 bits per heavy atom. The highest BCUT2D eigenvalue weighted by Gasteiger charge is 2.42. The summed E-state index contributed by atoms with van der Waals surface area (Å²) in [5.74, 6) is -10.0. The monoisotopic (exact) mass is 1200 g/mol. The van der Waals surface area contributed by atoms with Crippen molar-refractivity contribution >= 4 is 65.0 Å². The van der Waals surface area contributed by atoms with Crippen molar-refractivity contribution in [3.05, 3.63) is 47.7 Å². The number of unbranched alkanes of at least 4 members (excludes halogenated alkanes) is 2. The summed E-state index contributed by atoms with van der Waals surface area (Å²) >= 11 is 0. The number of hydrogen-bond donors (Lipinski definition) is 13. The molecule has 0 spiro atoms. The molecule has 0 saturated carbocycles. The van der Waals surface area contributed by atoms with Crippen molar-refractivity contribution in [2.24, 2.45) is 23.7 Å². The third-order valence-electron chi connectivity index (χ3n) is 15.3. The lowest BCUT2D eigenvalue weighted by Crippen LogP contribution is -2.62. The van der Waals surface area contributed by atoms with Crippen LogP contribution >= 0.6 is 0 Å². The van der Waals surface area contributed by atoms with E-state index in [0.717, 1.165) is 17.7 Å². The smallest absolute Gasteiger partial charge is 0.270 e. The molecule has 476 valence electrons. The molecule has 11 amide bonds. The minimum Gasteiger partial charge on any atom is -0.396 e. The zero-order valence-electron chi connectivity index (χ0n) is 51.3. The average Bonchev–Trinajstić information content (AvgIpc) is 3.93. The number of hydrogen-bond acceptors (Lipinski definition) is 14. The van der Waals surface area contributed by atoms with Crippen LogP contribution < -0.4 is 53.2 Å². The van der Waals surface area contributed by atoms with Gasteiger partial charge in [0.15, 0.2) is 0 Å². The second-order valence-corrected chi connectivity index (χ2v) is 23.3. The fourth-order valence-corrected chi connectivity index (χ4v) is 10.1. The molecule has 85 heavy (non-hydrogen) atoms. The quantitative estimate of drug-likeness (QED) is 0.0687. The van der Waals surface area contributed by atoms with Gasteiger partial charge in [0.2, 0.25) is 59.1 Å². The molecule has 2 aliphatic rings. The van der Waals surface area contributed by atoms with Gasteiger partial charge in [-0.3, -0.25) is 52.7 Å². The van der Waals surface area contributed by atoms with Crippen LogP contribution in [0.5, 0.6) is 0 Å². The topological polar surface area (TPSA) is 372 Å². The number of aliphatic hydroxyl groups is 3. The summed E-state index contributed by atoms with van der Waals surface area (Å²) in [6.07, 6.45) is 2.09. The molecule has 0 aromatic heterocycles. The molecule has 2 saturated heterocycles. The summed E-state index contributed by atoms with van der Waals surface area (Å²) in [6, 6.07) is -2.83. The number of fused-ring (bicyclic) bond motifs is 1. The van der Waals surface area contributed by atoms with Gasteiger partial charge in [0.05, 0.1) is 12.6 Å². The van der Waals surface area contributed by atoms with Crippen LogP contribution in [-0.2, 0) is 59.2 Å². The third-order valence-corrected chi connectivity index (χ3v) is 15.3. The Balaban J connectivity index is 2.17. The van der Waals surface area contributed by atoms with E-state index >= 15 is 0 Å². The van der Waals surface area contributed by atoms with Crippen molar-refractivity contribution in [1.29, 1.82) is 0 Å². The second kappa shape index (κ2) is 36.8. The van der Waals surface area contributed by atoms with Crippen LogP contribution in [0.3, 0.4) is 0 Å². The summed E-state index contributed by atoms with van der Waals surface area (Å²) in [6.45, 7) is 15.7. The predicted octanol–water partition coefficient (Wildman–Crippen LogP) is 0.139. The van der Waals surface area contributed by atoms with E-state index < -0.39 is 157 Å². The molecule has 2 heterocycles. The van der Waals surface area contributed by atoms with Crippen LogP contribution in [0.15, 0.2) is 42.1 Å². The number of amides is 11. The summed E-state index contributed by atoms with van der Waals surface area (Å²) in [4.78, 5) is 157. The molecular formula is C60H97N11O14. The number of carbonyl (C=O) groups is 11. The van der Waals surface area contributed by atoms with Gasteiger partial charge in [0.25, 0.3) is 5.91 Å². The Kier molecular flexibility index (Phi) is 31.3. The Morgan fingerprint density at radius 2 is 1.07 bits per heavy atom. The van der Waals surface area contributed by atoms with Gasteiger partial charge in [-0.1, -0.05) is 131 Å². The van der Waals surface area contributed by atoms with Crippen LogP contribution in [0.2, 0.25) is 0 Å².